The van der Waals surface area contributed by atoms with Crippen LogP contribution in [0.2, 0.25) is 0 Å². The van der Waals surface area contributed by atoms with Crippen molar-refractivity contribution in [2.24, 2.45) is 0 Å². The summed E-state index contributed by atoms with van der Waals surface area (Å²) in [5.41, 5.74) is 1.59. The molecule has 2 rings (SSSR count). The van der Waals surface area contributed by atoms with Crippen LogP contribution in [-0.4, -0.2) is 24.5 Å². The van der Waals surface area contributed by atoms with Crippen LogP contribution in [0.25, 0.3) is 10.9 Å². The van der Waals surface area contributed by atoms with Gasteiger partial charge in [0.25, 0.3) is 0 Å². The van der Waals surface area contributed by atoms with E-state index in [1.807, 2.05) is 37.4 Å². The van der Waals surface area contributed by atoms with E-state index in [1.165, 1.54) is 0 Å². The minimum Gasteiger partial charge on any atom is -0.324 e. The van der Waals surface area contributed by atoms with Crippen molar-refractivity contribution in [3.63, 3.8) is 0 Å². The predicted molar refractivity (Wildman–Crippen MR) is 68.9 cm³/mol. The van der Waals surface area contributed by atoms with Crippen LogP contribution in [0.1, 0.15) is 6.42 Å². The highest BCUT2D eigenvalue weighted by molar-refractivity contribution is 6.00. The lowest BCUT2D eigenvalue weighted by atomic mass is 10.2. The Morgan fingerprint density at radius 1 is 1.29 bits per heavy atom. The van der Waals surface area contributed by atoms with Crippen molar-refractivity contribution in [3.05, 3.63) is 36.5 Å². The fraction of sp³-hybridized carbons (Fsp3) is 0.231. The molecule has 88 valence electrons. The maximum absolute atomic E-state index is 11.6. The monoisotopic (exact) mass is 229 g/mol. The molecule has 0 aliphatic rings. The van der Waals surface area contributed by atoms with E-state index in [4.69, 9.17) is 0 Å². The third kappa shape index (κ3) is 2.79. The quantitative estimate of drug-likeness (QED) is 0.840. The molecule has 0 bridgehead atoms. The molecule has 1 heterocycles. The van der Waals surface area contributed by atoms with E-state index in [1.54, 1.807) is 6.20 Å². The number of hydrogen-bond donors (Lipinski definition) is 2. The first-order chi connectivity index (χ1) is 8.31. The van der Waals surface area contributed by atoms with Crippen LogP contribution in [0.3, 0.4) is 0 Å². The zero-order chi connectivity index (χ0) is 12.1. The first-order valence-electron chi connectivity index (χ1n) is 5.59. The van der Waals surface area contributed by atoms with Crippen LogP contribution in [0.5, 0.6) is 0 Å². The molecule has 0 radical (unpaired) electrons. The maximum Gasteiger partial charge on any atom is 0.225 e. The Kier molecular flexibility index (Phi) is 3.67. The highest BCUT2D eigenvalue weighted by Gasteiger charge is 2.05. The van der Waals surface area contributed by atoms with E-state index in [0.29, 0.717) is 13.0 Å². The molecule has 2 aromatic rings. The van der Waals surface area contributed by atoms with Crippen molar-refractivity contribution in [1.29, 1.82) is 0 Å². The first-order valence-corrected chi connectivity index (χ1v) is 5.59. The summed E-state index contributed by atoms with van der Waals surface area (Å²) < 4.78 is 0. The van der Waals surface area contributed by atoms with Gasteiger partial charge >= 0.3 is 0 Å². The molecule has 0 aliphatic heterocycles. The van der Waals surface area contributed by atoms with Gasteiger partial charge in [0.2, 0.25) is 5.91 Å². The van der Waals surface area contributed by atoms with Crippen molar-refractivity contribution in [2.75, 3.05) is 18.9 Å². The van der Waals surface area contributed by atoms with Crippen molar-refractivity contribution < 1.29 is 4.79 Å². The third-order valence-corrected chi connectivity index (χ3v) is 2.51. The number of anilines is 1. The van der Waals surface area contributed by atoms with Crippen molar-refractivity contribution in [2.45, 2.75) is 6.42 Å². The minimum atomic E-state index is -0.00231. The molecule has 1 aromatic carbocycles. The minimum absolute atomic E-state index is 0.00231. The van der Waals surface area contributed by atoms with Gasteiger partial charge in [-0.1, -0.05) is 18.2 Å². The van der Waals surface area contributed by atoms with Crippen molar-refractivity contribution >= 4 is 22.5 Å². The normalized spacial score (nSPS) is 10.4. The Bertz CT molecular complexity index is 520. The Hall–Kier alpha value is -1.94. The molecule has 0 saturated heterocycles. The van der Waals surface area contributed by atoms with Gasteiger partial charge in [-0.25, -0.2) is 0 Å². The lowest BCUT2D eigenvalue weighted by Gasteiger charge is -2.07. The average molecular weight is 229 g/mol. The number of fused-ring (bicyclic) bond motifs is 1. The number of carbonyl (C=O) groups is 1. The molecule has 0 spiro atoms. The van der Waals surface area contributed by atoms with Gasteiger partial charge in [-0.2, -0.15) is 0 Å². The molecular weight excluding hydrogens is 214 g/mol. The van der Waals surface area contributed by atoms with Crippen LogP contribution < -0.4 is 10.6 Å². The number of amides is 1. The lowest BCUT2D eigenvalue weighted by molar-refractivity contribution is -0.116. The second kappa shape index (κ2) is 5.41. The average Bonchev–Trinajstić information content (AvgIpc) is 2.37. The Labute approximate surface area is 100 Å². The molecule has 0 unspecified atom stereocenters. The van der Waals surface area contributed by atoms with Crippen LogP contribution in [0.4, 0.5) is 5.69 Å². The Morgan fingerprint density at radius 2 is 2.12 bits per heavy atom. The molecule has 4 heteroatoms. The molecule has 2 N–H and O–H groups in total. The molecule has 0 fully saturated rings. The molecular formula is C13H15N3O. The number of pyridine rings is 1. The van der Waals surface area contributed by atoms with E-state index < -0.39 is 0 Å². The van der Waals surface area contributed by atoms with E-state index in [0.717, 1.165) is 16.6 Å². The van der Waals surface area contributed by atoms with Crippen LogP contribution in [0.15, 0.2) is 36.5 Å². The zero-order valence-electron chi connectivity index (χ0n) is 9.73. The van der Waals surface area contributed by atoms with Gasteiger partial charge in [-0.15, -0.1) is 0 Å². The van der Waals surface area contributed by atoms with Crippen LogP contribution in [0, 0.1) is 0 Å². The summed E-state index contributed by atoms with van der Waals surface area (Å²) in [6, 6.07) is 9.62. The van der Waals surface area contributed by atoms with E-state index in [9.17, 15) is 4.79 Å². The number of carbonyl (C=O) groups excluding carboxylic acids is 1. The lowest BCUT2D eigenvalue weighted by Crippen LogP contribution is -2.18. The Balaban J connectivity index is 2.21. The summed E-state index contributed by atoms with van der Waals surface area (Å²) in [6.07, 6.45) is 2.19. The van der Waals surface area contributed by atoms with Gasteiger partial charge in [0.05, 0.1) is 11.2 Å². The first kappa shape index (κ1) is 11.5. The summed E-state index contributed by atoms with van der Waals surface area (Å²) in [5.74, 6) is -0.00231. The molecule has 0 saturated carbocycles. The Morgan fingerprint density at radius 3 is 2.94 bits per heavy atom. The standard InChI is InChI=1S/C13H15N3O/c1-14-9-7-12(17)16-11-6-2-4-10-5-3-8-15-13(10)11/h2-6,8,14H,7,9H2,1H3,(H,16,17). The van der Waals surface area contributed by atoms with Crippen molar-refractivity contribution in [3.8, 4) is 0 Å². The van der Waals surface area contributed by atoms with E-state index in [2.05, 4.69) is 15.6 Å². The molecule has 4 nitrogen and oxygen atoms in total. The van der Waals surface area contributed by atoms with Gasteiger partial charge < -0.3 is 10.6 Å². The zero-order valence-corrected chi connectivity index (χ0v) is 9.73. The molecule has 17 heavy (non-hydrogen) atoms. The number of nitrogens with zero attached hydrogens (tertiary/aromatic N) is 1. The fourth-order valence-electron chi connectivity index (χ4n) is 1.66. The van der Waals surface area contributed by atoms with E-state index >= 15 is 0 Å². The van der Waals surface area contributed by atoms with E-state index in [-0.39, 0.29) is 5.91 Å². The molecule has 1 aromatic heterocycles. The van der Waals surface area contributed by atoms with Gasteiger partial charge in [0.15, 0.2) is 0 Å². The second-order valence-corrected chi connectivity index (χ2v) is 3.78. The van der Waals surface area contributed by atoms with Gasteiger partial charge in [-0.3, -0.25) is 9.78 Å². The summed E-state index contributed by atoms with van der Waals surface area (Å²) in [5, 5.41) is 6.85. The van der Waals surface area contributed by atoms with Crippen LogP contribution >= 0.6 is 0 Å². The number of para-hydroxylation sites is 1. The maximum atomic E-state index is 11.6. The highest BCUT2D eigenvalue weighted by Crippen LogP contribution is 2.20. The van der Waals surface area contributed by atoms with Crippen molar-refractivity contribution in [1.82, 2.24) is 10.3 Å². The number of nitrogens with one attached hydrogen (secondary N) is 2. The largest absolute Gasteiger partial charge is 0.324 e. The van der Waals surface area contributed by atoms with Gasteiger partial charge in [-0.05, 0) is 19.2 Å². The number of rotatable bonds is 4. The summed E-state index contributed by atoms with van der Waals surface area (Å²) in [4.78, 5) is 15.9. The predicted octanol–water partition coefficient (Wildman–Crippen LogP) is 1.78. The highest BCUT2D eigenvalue weighted by atomic mass is 16.1. The SMILES string of the molecule is CNCCC(=O)Nc1cccc2cccnc12. The van der Waals surface area contributed by atoms with Gasteiger partial charge in [0.1, 0.15) is 0 Å². The summed E-state index contributed by atoms with van der Waals surface area (Å²) in [6.45, 7) is 0.671. The third-order valence-electron chi connectivity index (χ3n) is 2.51. The number of aromatic nitrogens is 1. The summed E-state index contributed by atoms with van der Waals surface area (Å²) >= 11 is 0. The topological polar surface area (TPSA) is 54.0 Å². The fourth-order valence-corrected chi connectivity index (χ4v) is 1.66. The summed E-state index contributed by atoms with van der Waals surface area (Å²) in [7, 11) is 1.83. The number of benzene rings is 1. The van der Waals surface area contributed by atoms with Crippen LogP contribution in [-0.2, 0) is 4.79 Å². The second-order valence-electron chi connectivity index (χ2n) is 3.78. The molecule has 1 amide bonds. The smallest absolute Gasteiger partial charge is 0.225 e. The number of hydrogen-bond acceptors (Lipinski definition) is 3. The van der Waals surface area contributed by atoms with Gasteiger partial charge in [0, 0.05) is 24.5 Å². The molecule has 0 aliphatic carbocycles. The molecule has 0 atom stereocenters.